The summed E-state index contributed by atoms with van der Waals surface area (Å²) in [5, 5.41) is 3.42. The lowest BCUT2D eigenvalue weighted by atomic mass is 9.98. The Labute approximate surface area is 258 Å². The zero-order valence-electron chi connectivity index (χ0n) is 25.5. The zero-order chi connectivity index (χ0) is 28.7. The summed E-state index contributed by atoms with van der Waals surface area (Å²) >= 11 is 0. The van der Waals surface area contributed by atoms with E-state index in [0.29, 0.717) is 24.7 Å². The van der Waals surface area contributed by atoms with Gasteiger partial charge in [-0.25, -0.2) is 4.79 Å². The molecular weight excluding hydrogens is 552 g/mol. The van der Waals surface area contributed by atoms with Crippen molar-refractivity contribution < 1.29 is 19.0 Å². The van der Waals surface area contributed by atoms with Gasteiger partial charge in [0.1, 0.15) is 5.60 Å². The first-order chi connectivity index (χ1) is 19.9. The minimum Gasteiger partial charge on any atom is -0.444 e. The quantitative estimate of drug-likeness (QED) is 0.552. The van der Waals surface area contributed by atoms with Crippen LogP contribution < -0.4 is 5.32 Å². The number of amides is 1. The Morgan fingerprint density at radius 2 is 1.38 bits per heavy atom. The first-order valence-electron chi connectivity index (χ1n) is 15.3. The SMILES string of the molecule is CC(C)(C)OC(=O)N1CC[C@H]2[C@H](C1)OCCN2Cc1ccccc1.Cl.c1ccc(CN2CCO[C@H]3CNCC[C@@H]32)cc1. The predicted molar refractivity (Wildman–Crippen MR) is 168 cm³/mol. The molecule has 4 aliphatic rings. The second kappa shape index (κ2) is 15.5. The van der Waals surface area contributed by atoms with Crippen LogP contribution in [-0.2, 0) is 27.3 Å². The summed E-state index contributed by atoms with van der Waals surface area (Å²) in [5.74, 6) is 0. The molecule has 0 saturated carbocycles. The van der Waals surface area contributed by atoms with Crippen molar-refractivity contribution in [3.63, 3.8) is 0 Å². The molecule has 4 aliphatic heterocycles. The number of nitrogens with zero attached hydrogens (tertiary/aromatic N) is 3. The van der Waals surface area contributed by atoms with E-state index in [1.807, 2.05) is 26.8 Å². The van der Waals surface area contributed by atoms with Gasteiger partial charge in [-0.05, 0) is 51.3 Å². The van der Waals surface area contributed by atoms with Gasteiger partial charge < -0.3 is 24.4 Å². The van der Waals surface area contributed by atoms with E-state index in [1.165, 1.54) is 17.5 Å². The number of fused-ring (bicyclic) bond motifs is 2. The molecule has 4 saturated heterocycles. The van der Waals surface area contributed by atoms with Crippen LogP contribution in [0.3, 0.4) is 0 Å². The average Bonchev–Trinajstić information content (AvgIpc) is 2.98. The Morgan fingerprint density at radius 1 is 0.833 bits per heavy atom. The van der Waals surface area contributed by atoms with Crippen molar-refractivity contribution in [2.75, 3.05) is 52.5 Å². The summed E-state index contributed by atoms with van der Waals surface area (Å²) < 4.78 is 17.3. The average molecular weight is 601 g/mol. The van der Waals surface area contributed by atoms with Crippen LogP contribution in [0.15, 0.2) is 60.7 Å². The topological polar surface area (TPSA) is 66.5 Å². The highest BCUT2D eigenvalue weighted by molar-refractivity contribution is 5.85. The number of benzene rings is 2. The number of hydrogen-bond acceptors (Lipinski definition) is 7. The summed E-state index contributed by atoms with van der Waals surface area (Å²) in [6, 6.07) is 22.3. The van der Waals surface area contributed by atoms with Crippen LogP contribution in [0, 0.1) is 0 Å². The minimum absolute atomic E-state index is 0. The van der Waals surface area contributed by atoms with Gasteiger partial charge in [0, 0.05) is 51.4 Å². The third kappa shape index (κ3) is 9.15. The number of halogens is 1. The van der Waals surface area contributed by atoms with Crippen molar-refractivity contribution in [3.8, 4) is 0 Å². The van der Waals surface area contributed by atoms with Crippen molar-refractivity contribution >= 4 is 18.5 Å². The predicted octanol–water partition coefficient (Wildman–Crippen LogP) is 4.57. The molecule has 0 radical (unpaired) electrons. The molecule has 0 bridgehead atoms. The normalized spacial score (nSPS) is 26.5. The Hall–Kier alpha value is -2.20. The maximum Gasteiger partial charge on any atom is 0.410 e. The van der Waals surface area contributed by atoms with E-state index in [9.17, 15) is 4.79 Å². The molecule has 9 heteroatoms. The van der Waals surface area contributed by atoms with Crippen molar-refractivity contribution in [2.24, 2.45) is 0 Å². The number of piperidine rings is 2. The standard InChI is InChI=1S/C19H28N2O3.C14H20N2O.ClH/c1-19(2,3)24-18(22)21-10-9-16-17(14-21)23-12-11-20(16)13-15-7-5-4-6-8-15;1-2-4-12(5-3-1)11-16-8-9-17-14-10-15-7-6-13(14)16;/h4-8,16-17H,9-14H2,1-3H3;1-5,13-15H,6-11H2;1H/t16-,17-;13-,14-;/m00./s1. The van der Waals surface area contributed by atoms with E-state index in [0.717, 1.165) is 65.4 Å². The molecule has 1 amide bonds. The minimum atomic E-state index is -0.458. The third-order valence-electron chi connectivity index (χ3n) is 8.38. The van der Waals surface area contributed by atoms with Gasteiger partial charge in [-0.2, -0.15) is 0 Å². The molecule has 6 rings (SSSR count). The van der Waals surface area contributed by atoms with Crippen LogP contribution in [0.1, 0.15) is 44.7 Å². The number of nitrogens with one attached hydrogen (secondary N) is 1. The lowest BCUT2D eigenvalue weighted by Crippen LogP contribution is -2.60. The molecule has 0 spiro atoms. The highest BCUT2D eigenvalue weighted by Crippen LogP contribution is 2.26. The van der Waals surface area contributed by atoms with E-state index in [4.69, 9.17) is 14.2 Å². The number of hydrogen-bond donors (Lipinski definition) is 1. The lowest BCUT2D eigenvalue weighted by molar-refractivity contribution is -0.107. The summed E-state index contributed by atoms with van der Waals surface area (Å²) in [5.41, 5.74) is 2.28. The summed E-state index contributed by atoms with van der Waals surface area (Å²) in [6.45, 7) is 14.8. The molecule has 2 aromatic carbocycles. The van der Waals surface area contributed by atoms with Gasteiger partial charge >= 0.3 is 6.09 Å². The number of ether oxygens (including phenoxy) is 3. The molecule has 8 nitrogen and oxygen atoms in total. The fourth-order valence-electron chi connectivity index (χ4n) is 6.38. The second-order valence-corrected chi connectivity index (χ2v) is 12.6. The number of carbonyl (C=O) groups is 1. The van der Waals surface area contributed by atoms with Crippen molar-refractivity contribution in [2.45, 2.75) is 76.6 Å². The number of rotatable bonds is 4. The van der Waals surface area contributed by atoms with Gasteiger partial charge in [0.05, 0.1) is 32.0 Å². The first-order valence-corrected chi connectivity index (χ1v) is 15.3. The van der Waals surface area contributed by atoms with Crippen LogP contribution in [0.4, 0.5) is 4.79 Å². The smallest absolute Gasteiger partial charge is 0.410 e. The summed E-state index contributed by atoms with van der Waals surface area (Å²) in [7, 11) is 0. The molecular formula is C33H49ClN4O4. The maximum atomic E-state index is 12.3. The van der Waals surface area contributed by atoms with Crippen LogP contribution >= 0.6 is 12.4 Å². The highest BCUT2D eigenvalue weighted by Gasteiger charge is 2.39. The van der Waals surface area contributed by atoms with Crippen LogP contribution in [0.25, 0.3) is 0 Å². The molecule has 232 valence electrons. The number of likely N-dealkylation sites (tertiary alicyclic amines) is 1. The largest absolute Gasteiger partial charge is 0.444 e. The Kier molecular flexibility index (Phi) is 12.1. The van der Waals surface area contributed by atoms with E-state index in [1.54, 1.807) is 4.90 Å². The molecule has 0 aliphatic carbocycles. The van der Waals surface area contributed by atoms with Crippen molar-refractivity contribution in [3.05, 3.63) is 71.8 Å². The monoisotopic (exact) mass is 600 g/mol. The fraction of sp³-hybridized carbons (Fsp3) is 0.606. The van der Waals surface area contributed by atoms with Crippen LogP contribution in [0.2, 0.25) is 0 Å². The van der Waals surface area contributed by atoms with E-state index in [-0.39, 0.29) is 24.6 Å². The fourth-order valence-corrected chi connectivity index (χ4v) is 6.38. The maximum absolute atomic E-state index is 12.3. The van der Waals surface area contributed by atoms with Gasteiger partial charge in [-0.15, -0.1) is 12.4 Å². The van der Waals surface area contributed by atoms with Crippen molar-refractivity contribution in [1.82, 2.24) is 20.0 Å². The highest BCUT2D eigenvalue weighted by atomic mass is 35.5. The van der Waals surface area contributed by atoms with Gasteiger partial charge in [0.15, 0.2) is 0 Å². The molecule has 4 atom stereocenters. The number of morpholine rings is 2. The first kappa shape index (κ1) is 32.7. The molecule has 4 heterocycles. The second-order valence-electron chi connectivity index (χ2n) is 12.6. The molecule has 2 aromatic rings. The zero-order valence-corrected chi connectivity index (χ0v) is 26.3. The van der Waals surface area contributed by atoms with E-state index in [2.05, 4.69) is 69.7 Å². The molecule has 0 aromatic heterocycles. The summed E-state index contributed by atoms with van der Waals surface area (Å²) in [4.78, 5) is 19.2. The van der Waals surface area contributed by atoms with Crippen molar-refractivity contribution in [1.29, 1.82) is 0 Å². The van der Waals surface area contributed by atoms with E-state index >= 15 is 0 Å². The Bertz CT molecular complexity index is 1080. The molecule has 0 unspecified atom stereocenters. The third-order valence-corrected chi connectivity index (χ3v) is 8.38. The molecule has 42 heavy (non-hydrogen) atoms. The Morgan fingerprint density at radius 3 is 1.95 bits per heavy atom. The van der Waals surface area contributed by atoms with Crippen LogP contribution in [0.5, 0.6) is 0 Å². The summed E-state index contributed by atoms with van der Waals surface area (Å²) in [6.07, 6.45) is 2.36. The molecule has 1 N–H and O–H groups in total. The lowest BCUT2D eigenvalue weighted by Gasteiger charge is -2.46. The van der Waals surface area contributed by atoms with Gasteiger partial charge in [0.25, 0.3) is 0 Å². The van der Waals surface area contributed by atoms with Gasteiger partial charge in [0.2, 0.25) is 0 Å². The Balaban J connectivity index is 0.000000198. The molecule has 4 fully saturated rings. The van der Waals surface area contributed by atoms with Gasteiger partial charge in [-0.3, -0.25) is 9.80 Å². The van der Waals surface area contributed by atoms with Crippen LogP contribution in [-0.4, -0.2) is 103 Å². The van der Waals surface area contributed by atoms with Gasteiger partial charge in [-0.1, -0.05) is 60.7 Å². The van der Waals surface area contributed by atoms with E-state index < -0.39 is 5.60 Å². The number of carbonyl (C=O) groups excluding carboxylic acids is 1.